The van der Waals surface area contributed by atoms with Crippen LogP contribution in [-0.2, 0) is 13.6 Å². The quantitative estimate of drug-likeness (QED) is 0.301. The third kappa shape index (κ3) is 6.45. The van der Waals surface area contributed by atoms with E-state index < -0.39 is 0 Å². The van der Waals surface area contributed by atoms with Crippen LogP contribution in [0.4, 0.5) is 0 Å². The molecule has 0 saturated heterocycles. The van der Waals surface area contributed by atoms with Gasteiger partial charge in [-0.3, -0.25) is 9.58 Å². The highest BCUT2D eigenvalue weighted by Gasteiger charge is 2.19. The molecule has 8 heteroatoms. The van der Waals surface area contributed by atoms with Gasteiger partial charge in [0.25, 0.3) is 0 Å². The van der Waals surface area contributed by atoms with Crippen LogP contribution in [0.1, 0.15) is 49.3 Å². The average Bonchev–Trinajstić information content (AvgIpc) is 3.26. The van der Waals surface area contributed by atoms with Gasteiger partial charge in [-0.25, -0.2) is 4.99 Å². The van der Waals surface area contributed by atoms with E-state index in [-0.39, 0.29) is 24.0 Å². The van der Waals surface area contributed by atoms with Gasteiger partial charge in [-0.15, -0.1) is 24.0 Å². The van der Waals surface area contributed by atoms with Crippen LogP contribution in [-0.4, -0.2) is 46.8 Å². The van der Waals surface area contributed by atoms with E-state index in [1.54, 1.807) is 11.3 Å². The molecule has 0 aliphatic carbocycles. The molecule has 0 radical (unpaired) electrons. The summed E-state index contributed by atoms with van der Waals surface area (Å²) >= 11 is 1.75. The molecule has 1 unspecified atom stereocenters. The summed E-state index contributed by atoms with van der Waals surface area (Å²) in [5, 5.41) is 15.8. The Morgan fingerprint density at radius 1 is 1.25 bits per heavy atom. The Morgan fingerprint density at radius 2 is 1.96 bits per heavy atom. The van der Waals surface area contributed by atoms with Crippen molar-refractivity contribution in [3.8, 4) is 0 Å². The van der Waals surface area contributed by atoms with Crippen molar-refractivity contribution < 1.29 is 0 Å². The van der Waals surface area contributed by atoms with E-state index in [9.17, 15) is 0 Å². The molecule has 0 amide bonds. The molecule has 158 valence electrons. The topological polar surface area (TPSA) is 57.5 Å². The highest BCUT2D eigenvalue weighted by molar-refractivity contribution is 14.0. The number of likely N-dealkylation sites (N-methyl/N-ethyl adjacent to an activating group) is 1. The molecule has 0 aliphatic heterocycles. The van der Waals surface area contributed by atoms with Gasteiger partial charge in [-0.1, -0.05) is 13.8 Å². The Bertz CT molecular complexity index is 721. The van der Waals surface area contributed by atoms with Crippen LogP contribution in [0.3, 0.4) is 0 Å². The van der Waals surface area contributed by atoms with Gasteiger partial charge in [-0.05, 0) is 56.3 Å². The molecule has 0 aromatic carbocycles. The first kappa shape index (κ1) is 24.9. The number of nitrogens with zero attached hydrogens (tertiary/aromatic N) is 4. The van der Waals surface area contributed by atoms with Crippen LogP contribution in [0.2, 0.25) is 0 Å². The Balaban J connectivity index is 0.00000392. The molecule has 0 aliphatic rings. The van der Waals surface area contributed by atoms with Crippen molar-refractivity contribution in [1.82, 2.24) is 25.3 Å². The highest BCUT2D eigenvalue weighted by atomic mass is 127. The number of nitrogens with one attached hydrogen (secondary N) is 2. The van der Waals surface area contributed by atoms with Crippen LogP contribution in [0, 0.1) is 13.8 Å². The fourth-order valence-electron chi connectivity index (χ4n) is 3.33. The van der Waals surface area contributed by atoms with Crippen LogP contribution in [0.25, 0.3) is 0 Å². The first-order valence-corrected chi connectivity index (χ1v) is 10.7. The van der Waals surface area contributed by atoms with Gasteiger partial charge in [0.1, 0.15) is 0 Å². The van der Waals surface area contributed by atoms with Gasteiger partial charge in [0.05, 0.1) is 18.3 Å². The van der Waals surface area contributed by atoms with Gasteiger partial charge in [-0.2, -0.15) is 16.4 Å². The number of hydrogen-bond acceptors (Lipinski definition) is 4. The van der Waals surface area contributed by atoms with Crippen LogP contribution in [0.15, 0.2) is 21.8 Å². The number of aryl methyl sites for hydroxylation is 2. The Labute approximate surface area is 190 Å². The SMILES string of the molecule is CCNC(=NCc1c(C)nn(C)c1C)NCC(c1ccsc1)N(CC)CC.I. The Morgan fingerprint density at radius 3 is 2.46 bits per heavy atom. The van der Waals surface area contributed by atoms with Gasteiger partial charge in [0, 0.05) is 31.4 Å². The lowest BCUT2D eigenvalue weighted by Crippen LogP contribution is -2.43. The fraction of sp³-hybridized carbons (Fsp3) is 0.600. The number of rotatable bonds is 9. The molecule has 2 aromatic rings. The molecule has 0 saturated carbocycles. The minimum Gasteiger partial charge on any atom is -0.357 e. The zero-order valence-corrected chi connectivity index (χ0v) is 21.1. The summed E-state index contributed by atoms with van der Waals surface area (Å²) in [4.78, 5) is 7.29. The van der Waals surface area contributed by atoms with Crippen molar-refractivity contribution in [3.05, 3.63) is 39.3 Å². The zero-order valence-electron chi connectivity index (χ0n) is 18.0. The maximum atomic E-state index is 4.81. The van der Waals surface area contributed by atoms with Gasteiger partial charge < -0.3 is 10.6 Å². The molecule has 0 fully saturated rings. The predicted octanol–water partition coefficient (Wildman–Crippen LogP) is 3.85. The number of halogens is 1. The molecule has 2 rings (SSSR count). The van der Waals surface area contributed by atoms with Crippen LogP contribution < -0.4 is 10.6 Å². The second-order valence-corrected chi connectivity index (χ2v) is 7.42. The van der Waals surface area contributed by atoms with Gasteiger partial charge in [0.15, 0.2) is 5.96 Å². The Kier molecular flexibility index (Phi) is 11.1. The van der Waals surface area contributed by atoms with E-state index in [4.69, 9.17) is 4.99 Å². The lowest BCUT2D eigenvalue weighted by Gasteiger charge is -2.30. The predicted molar refractivity (Wildman–Crippen MR) is 131 cm³/mol. The normalized spacial score (nSPS) is 12.8. The minimum atomic E-state index is 0. The molecule has 28 heavy (non-hydrogen) atoms. The summed E-state index contributed by atoms with van der Waals surface area (Å²) in [5.41, 5.74) is 4.79. The lowest BCUT2D eigenvalue weighted by atomic mass is 10.1. The van der Waals surface area contributed by atoms with Gasteiger partial charge in [0.2, 0.25) is 0 Å². The monoisotopic (exact) mass is 518 g/mol. The van der Waals surface area contributed by atoms with E-state index in [0.29, 0.717) is 12.6 Å². The van der Waals surface area contributed by atoms with Gasteiger partial charge >= 0.3 is 0 Å². The maximum absolute atomic E-state index is 4.81. The molecule has 0 spiro atoms. The zero-order chi connectivity index (χ0) is 19.8. The van der Waals surface area contributed by atoms with Crippen molar-refractivity contribution in [2.45, 2.75) is 47.2 Å². The second kappa shape index (κ2) is 12.4. The highest BCUT2D eigenvalue weighted by Crippen LogP contribution is 2.22. The molecular formula is C20H35IN6S. The molecule has 6 nitrogen and oxygen atoms in total. The Hall–Kier alpha value is -1.13. The average molecular weight is 519 g/mol. The largest absolute Gasteiger partial charge is 0.357 e. The smallest absolute Gasteiger partial charge is 0.191 e. The first-order valence-electron chi connectivity index (χ1n) is 9.79. The third-order valence-corrected chi connectivity index (χ3v) is 5.74. The van der Waals surface area contributed by atoms with Crippen molar-refractivity contribution in [3.63, 3.8) is 0 Å². The number of aliphatic imine (C=N–C) groups is 1. The minimum absolute atomic E-state index is 0. The van der Waals surface area contributed by atoms with Crippen LogP contribution in [0.5, 0.6) is 0 Å². The summed E-state index contributed by atoms with van der Waals surface area (Å²) < 4.78 is 1.92. The van der Waals surface area contributed by atoms with E-state index in [1.165, 1.54) is 16.8 Å². The molecule has 2 N–H and O–H groups in total. The van der Waals surface area contributed by atoms with E-state index in [1.807, 2.05) is 18.7 Å². The lowest BCUT2D eigenvalue weighted by molar-refractivity contribution is 0.219. The van der Waals surface area contributed by atoms with Crippen molar-refractivity contribution in [1.29, 1.82) is 0 Å². The molecule has 2 heterocycles. The molecule has 2 aromatic heterocycles. The van der Waals surface area contributed by atoms with E-state index in [0.717, 1.165) is 37.8 Å². The fourth-order valence-corrected chi connectivity index (χ4v) is 4.03. The summed E-state index contributed by atoms with van der Waals surface area (Å²) in [6, 6.07) is 2.57. The van der Waals surface area contributed by atoms with Crippen molar-refractivity contribution in [2.75, 3.05) is 26.2 Å². The number of hydrogen-bond donors (Lipinski definition) is 2. The van der Waals surface area contributed by atoms with Crippen LogP contribution >= 0.6 is 35.3 Å². The third-order valence-electron chi connectivity index (χ3n) is 5.04. The second-order valence-electron chi connectivity index (χ2n) is 6.64. The summed E-state index contributed by atoms with van der Waals surface area (Å²) in [5.74, 6) is 0.854. The number of aromatic nitrogens is 2. The first-order chi connectivity index (χ1) is 13.0. The molecule has 0 bridgehead atoms. The number of guanidine groups is 1. The van der Waals surface area contributed by atoms with Crippen molar-refractivity contribution >= 4 is 41.3 Å². The summed E-state index contributed by atoms with van der Waals surface area (Å²) in [6.07, 6.45) is 0. The maximum Gasteiger partial charge on any atom is 0.191 e. The van der Waals surface area contributed by atoms with E-state index >= 15 is 0 Å². The summed E-state index contributed by atoms with van der Waals surface area (Å²) in [7, 11) is 1.98. The van der Waals surface area contributed by atoms with Crippen molar-refractivity contribution in [2.24, 2.45) is 12.0 Å². The molecule has 1 atom stereocenters. The number of thiophene rings is 1. The summed E-state index contributed by atoms with van der Waals surface area (Å²) in [6.45, 7) is 15.0. The molecular weight excluding hydrogens is 483 g/mol. The van der Waals surface area contributed by atoms with E-state index in [2.05, 4.69) is 65.2 Å². The standard InChI is InChI=1S/C20H34N6S.HI/c1-7-21-20(22-12-18-15(4)24-25(6)16(18)5)23-13-19(26(8-2)9-3)17-10-11-27-14-17;/h10-11,14,19H,7-9,12-13H2,1-6H3,(H2,21,22,23);1H.